The van der Waals surface area contributed by atoms with Crippen LogP contribution in [-0.4, -0.2) is 125 Å². The maximum atomic E-state index is 13.9. The number of hydrogen-bond donors (Lipinski definition) is 10. The average Bonchev–Trinajstić information content (AvgIpc) is 3.13. The summed E-state index contributed by atoms with van der Waals surface area (Å²) in [6.07, 6.45) is -14.6. The van der Waals surface area contributed by atoms with Crippen molar-refractivity contribution in [1.29, 1.82) is 0 Å². The van der Waals surface area contributed by atoms with Gasteiger partial charge in [0.05, 0.1) is 12.7 Å². The number of benzene rings is 3. The molecule has 2 aliphatic heterocycles. The second-order valence-electron chi connectivity index (χ2n) is 12.6. The van der Waals surface area contributed by atoms with Gasteiger partial charge in [0.1, 0.15) is 58.7 Å². The van der Waals surface area contributed by atoms with Gasteiger partial charge in [-0.15, -0.1) is 0 Å². The molecule has 54 heavy (non-hydrogen) atoms. The van der Waals surface area contributed by atoms with Gasteiger partial charge in [0.25, 0.3) is 0 Å². The number of carbonyl (C=O) groups excluding carboxylic acids is 1. The van der Waals surface area contributed by atoms with Crippen molar-refractivity contribution in [3.8, 4) is 45.8 Å². The number of esters is 1. The lowest BCUT2D eigenvalue weighted by atomic mass is 9.98. The minimum absolute atomic E-state index is 0.0204. The van der Waals surface area contributed by atoms with Crippen molar-refractivity contribution in [3.63, 3.8) is 0 Å². The summed E-state index contributed by atoms with van der Waals surface area (Å²) in [7, 11) is 0. The summed E-state index contributed by atoms with van der Waals surface area (Å²) in [5.41, 5.74) is -1.01. The Morgan fingerprint density at radius 2 is 1.48 bits per heavy atom. The zero-order chi connectivity index (χ0) is 39.0. The molecule has 288 valence electrons. The first-order valence-electron chi connectivity index (χ1n) is 16.3. The van der Waals surface area contributed by atoms with Crippen molar-refractivity contribution in [1.82, 2.24) is 0 Å². The summed E-state index contributed by atoms with van der Waals surface area (Å²) in [6, 6.07) is 10.9. The van der Waals surface area contributed by atoms with Crippen molar-refractivity contribution >= 4 is 23.0 Å². The lowest BCUT2D eigenvalue weighted by Crippen LogP contribution is -2.62. The standard InChI is InChI=1S/C36H36O18/c1-14-26(43)29(46)30(47)35(50-14)49-13-23-27(44)33(53-24(42)9-4-15-2-6-17(37)7-3-15)31(48)36(52-23)54-34-28(45)25-21(41)11-18(38)12-22(25)51-32(34)16-5-8-19(39)20(40)10-16/h2-12,14,23,26-27,29-31,33,35-41,43-44,46-48H,13H2,1H3/b9-4-/t14-,23-,26-,27+,29+,30+,31+,33-,35-,36+/m0/s1. The second kappa shape index (κ2) is 15.5. The number of aromatic hydroxyl groups is 5. The SMILES string of the molecule is C[C@@H]1O[C@H](OC[C@@H]2O[C@H](Oc3c(-c4ccc(O)c(O)c4)oc4cc(O)cc(O)c4c3=O)[C@H](O)[C@@H](OC(=O)/C=C\c3ccc(O)cc3)[C@@H]2O)[C@H](O)[C@H](O)[C@H]1O. The zero-order valence-electron chi connectivity index (χ0n) is 28.1. The third-order valence-electron chi connectivity index (χ3n) is 8.82. The van der Waals surface area contributed by atoms with Gasteiger partial charge in [0.2, 0.25) is 17.5 Å². The highest BCUT2D eigenvalue weighted by atomic mass is 16.7. The first-order chi connectivity index (χ1) is 25.6. The van der Waals surface area contributed by atoms with Gasteiger partial charge in [-0.2, -0.15) is 0 Å². The van der Waals surface area contributed by atoms with Gasteiger partial charge in [-0.25, -0.2) is 4.79 Å². The van der Waals surface area contributed by atoms with E-state index in [1.165, 1.54) is 43.3 Å². The monoisotopic (exact) mass is 756 g/mol. The molecule has 3 heterocycles. The minimum Gasteiger partial charge on any atom is -0.508 e. The van der Waals surface area contributed by atoms with Gasteiger partial charge in [-0.1, -0.05) is 12.1 Å². The fraction of sp³-hybridized carbons (Fsp3) is 0.333. The summed E-state index contributed by atoms with van der Waals surface area (Å²) in [5, 5.41) is 103. The van der Waals surface area contributed by atoms with Crippen LogP contribution in [0.1, 0.15) is 12.5 Å². The molecule has 0 bridgehead atoms. The summed E-state index contributed by atoms with van der Waals surface area (Å²) >= 11 is 0. The predicted molar refractivity (Wildman–Crippen MR) is 181 cm³/mol. The topological polar surface area (TPSA) is 296 Å². The Kier molecular flexibility index (Phi) is 11.0. The molecule has 0 spiro atoms. The molecule has 0 radical (unpaired) electrons. The van der Waals surface area contributed by atoms with Gasteiger partial charge in [0, 0.05) is 23.8 Å². The molecule has 0 amide bonds. The quantitative estimate of drug-likeness (QED) is 0.0623. The largest absolute Gasteiger partial charge is 0.508 e. The van der Waals surface area contributed by atoms with Crippen LogP contribution in [0.25, 0.3) is 28.4 Å². The van der Waals surface area contributed by atoms with Gasteiger partial charge < -0.3 is 79.2 Å². The molecule has 0 saturated carbocycles. The summed E-state index contributed by atoms with van der Waals surface area (Å²) < 4.78 is 34.0. The number of carbonyl (C=O) groups is 1. The summed E-state index contributed by atoms with van der Waals surface area (Å²) in [5.74, 6) is -4.67. The molecule has 6 rings (SSSR count). The van der Waals surface area contributed by atoms with E-state index in [4.69, 9.17) is 28.1 Å². The molecule has 2 aliphatic rings. The first kappa shape index (κ1) is 38.3. The predicted octanol–water partition coefficient (Wildman–Crippen LogP) is 0.283. The van der Waals surface area contributed by atoms with Gasteiger partial charge in [0.15, 0.2) is 35.8 Å². The Bertz CT molecular complexity index is 2080. The van der Waals surface area contributed by atoms with Crippen LogP contribution >= 0.6 is 0 Å². The molecule has 10 atom stereocenters. The van der Waals surface area contributed by atoms with Crippen molar-refractivity contribution in [2.45, 2.75) is 68.3 Å². The van der Waals surface area contributed by atoms with Crippen LogP contribution in [0.15, 0.2) is 69.9 Å². The van der Waals surface area contributed by atoms with Crippen LogP contribution in [0.4, 0.5) is 0 Å². The highest BCUT2D eigenvalue weighted by molar-refractivity contribution is 5.89. The van der Waals surface area contributed by atoms with E-state index in [1.54, 1.807) is 0 Å². The molecule has 2 saturated heterocycles. The highest BCUT2D eigenvalue weighted by Gasteiger charge is 2.50. The number of aliphatic hydroxyl groups excluding tert-OH is 5. The number of rotatable bonds is 9. The van der Waals surface area contributed by atoms with Gasteiger partial charge in [-0.05, 0) is 48.9 Å². The third kappa shape index (κ3) is 7.77. The Morgan fingerprint density at radius 3 is 2.19 bits per heavy atom. The van der Waals surface area contributed by atoms with E-state index in [0.717, 1.165) is 30.3 Å². The molecule has 1 aromatic heterocycles. The Hall–Kier alpha value is -5.44. The molecular weight excluding hydrogens is 720 g/mol. The molecule has 2 fully saturated rings. The number of fused-ring (bicyclic) bond motifs is 1. The van der Waals surface area contributed by atoms with Gasteiger partial charge in [-0.3, -0.25) is 4.79 Å². The first-order valence-corrected chi connectivity index (χ1v) is 16.3. The smallest absolute Gasteiger partial charge is 0.331 e. The molecular formula is C36H36O18. The number of ether oxygens (including phenoxy) is 5. The molecule has 0 unspecified atom stereocenters. The van der Waals surface area contributed by atoms with E-state index >= 15 is 0 Å². The maximum absolute atomic E-state index is 13.9. The summed E-state index contributed by atoms with van der Waals surface area (Å²) in [6.45, 7) is 0.719. The van der Waals surface area contributed by atoms with Crippen LogP contribution in [0.3, 0.4) is 0 Å². The minimum atomic E-state index is -2.07. The fourth-order valence-corrected chi connectivity index (χ4v) is 5.89. The van der Waals surface area contributed by atoms with E-state index in [-0.39, 0.29) is 16.9 Å². The molecule has 3 aromatic carbocycles. The lowest BCUT2D eigenvalue weighted by molar-refractivity contribution is -0.319. The summed E-state index contributed by atoms with van der Waals surface area (Å²) in [4.78, 5) is 26.9. The van der Waals surface area contributed by atoms with Crippen LogP contribution in [0.5, 0.6) is 34.5 Å². The molecule has 4 aromatic rings. The Labute approximate surface area is 304 Å². The lowest BCUT2D eigenvalue weighted by Gasteiger charge is -2.43. The molecule has 0 aliphatic carbocycles. The number of hydrogen-bond acceptors (Lipinski definition) is 18. The van der Waals surface area contributed by atoms with Gasteiger partial charge >= 0.3 is 5.97 Å². The highest BCUT2D eigenvalue weighted by Crippen LogP contribution is 2.40. The fourth-order valence-electron chi connectivity index (χ4n) is 5.89. The second-order valence-corrected chi connectivity index (χ2v) is 12.6. The van der Waals surface area contributed by atoms with E-state index in [9.17, 15) is 60.7 Å². The zero-order valence-corrected chi connectivity index (χ0v) is 28.1. The molecule has 10 N–H and O–H groups in total. The van der Waals surface area contributed by atoms with E-state index in [1.807, 2.05) is 0 Å². The van der Waals surface area contributed by atoms with Crippen molar-refractivity contribution < 1.29 is 84.0 Å². The molecule has 18 nitrogen and oxygen atoms in total. The van der Waals surface area contributed by atoms with E-state index in [0.29, 0.717) is 5.56 Å². The maximum Gasteiger partial charge on any atom is 0.331 e. The van der Waals surface area contributed by atoms with Crippen LogP contribution in [-0.2, 0) is 23.7 Å². The van der Waals surface area contributed by atoms with E-state index < -0.39 is 119 Å². The number of phenols is 5. The Balaban J connectivity index is 1.36. The average molecular weight is 757 g/mol. The third-order valence-corrected chi connectivity index (χ3v) is 8.82. The molecule has 18 heteroatoms. The van der Waals surface area contributed by atoms with E-state index in [2.05, 4.69) is 0 Å². The Morgan fingerprint density at radius 1 is 0.759 bits per heavy atom. The number of aliphatic hydroxyl groups is 5. The van der Waals surface area contributed by atoms with Crippen LogP contribution < -0.4 is 10.2 Å². The van der Waals surface area contributed by atoms with Crippen molar-refractivity contribution in [3.05, 3.63) is 76.5 Å². The normalized spacial score (nSPS) is 28.6. The van der Waals surface area contributed by atoms with Crippen molar-refractivity contribution in [2.24, 2.45) is 0 Å². The van der Waals surface area contributed by atoms with Crippen LogP contribution in [0, 0.1) is 0 Å². The van der Waals surface area contributed by atoms with Crippen molar-refractivity contribution in [2.75, 3.05) is 6.61 Å². The van der Waals surface area contributed by atoms with Crippen LogP contribution in [0.2, 0.25) is 0 Å². The number of phenolic OH excluding ortho intramolecular Hbond substituents is 5.